The Morgan fingerprint density at radius 1 is 1.47 bits per heavy atom. The van der Waals surface area contributed by atoms with Gasteiger partial charge in [0.15, 0.2) is 5.78 Å². The lowest BCUT2D eigenvalue weighted by Gasteiger charge is -2.19. The molecule has 0 saturated carbocycles. The van der Waals surface area contributed by atoms with E-state index in [0.29, 0.717) is 17.7 Å². The predicted molar refractivity (Wildman–Crippen MR) is 59.4 cm³/mol. The van der Waals surface area contributed by atoms with Gasteiger partial charge in [-0.25, -0.2) is 4.39 Å². The summed E-state index contributed by atoms with van der Waals surface area (Å²) in [5.41, 5.74) is 0.771. The van der Waals surface area contributed by atoms with E-state index in [2.05, 4.69) is 0 Å². The maximum atomic E-state index is 13.1. The molecule has 0 aliphatic carbocycles. The first kappa shape index (κ1) is 11.9. The van der Waals surface area contributed by atoms with Crippen LogP contribution in [0.3, 0.4) is 0 Å². The molecule has 0 bridgehead atoms. The van der Waals surface area contributed by atoms with E-state index < -0.39 is 5.92 Å². The minimum atomic E-state index is -0.728. The number of ketones is 2. The first-order valence-electron chi connectivity index (χ1n) is 5.50. The van der Waals surface area contributed by atoms with Crippen molar-refractivity contribution in [3.8, 4) is 0 Å². The topological polar surface area (TPSA) is 43.4 Å². The number of carbonyl (C=O) groups is 2. The maximum Gasteiger partial charge on any atom is 0.175 e. The number of benzene rings is 1. The van der Waals surface area contributed by atoms with Gasteiger partial charge in [-0.15, -0.1) is 0 Å². The Morgan fingerprint density at radius 3 is 2.88 bits per heavy atom. The Balaban J connectivity index is 2.24. The Kier molecular flexibility index (Phi) is 3.33. The number of hydrogen-bond donors (Lipinski definition) is 0. The van der Waals surface area contributed by atoms with Crippen LogP contribution in [0.25, 0.3) is 0 Å². The molecule has 1 fully saturated rings. The van der Waals surface area contributed by atoms with E-state index in [-0.39, 0.29) is 30.4 Å². The second-order valence-electron chi connectivity index (χ2n) is 4.17. The number of ether oxygens (including phenoxy) is 1. The summed E-state index contributed by atoms with van der Waals surface area (Å²) in [4.78, 5) is 23.6. The van der Waals surface area contributed by atoms with Crippen molar-refractivity contribution in [1.29, 1.82) is 0 Å². The lowest BCUT2D eigenvalue weighted by molar-refractivity contribution is -0.128. The van der Waals surface area contributed by atoms with Crippen LogP contribution in [0.4, 0.5) is 4.39 Å². The van der Waals surface area contributed by atoms with Crippen molar-refractivity contribution in [1.82, 2.24) is 0 Å². The molecule has 0 aromatic heterocycles. The van der Waals surface area contributed by atoms with Gasteiger partial charge in [0.2, 0.25) is 0 Å². The first-order valence-corrected chi connectivity index (χ1v) is 5.50. The molecule has 3 nitrogen and oxygen atoms in total. The maximum absolute atomic E-state index is 13.1. The molecular formula is C13H13FO3. The molecule has 4 heteroatoms. The summed E-state index contributed by atoms with van der Waals surface area (Å²) in [5, 5.41) is 0. The standard InChI is InChI=1S/C13H13FO3/c1-8-6-9(2-3-11(8)14)13(16)10-7-17-5-4-12(10)15/h2-3,6,10H,4-5,7H2,1H3. The van der Waals surface area contributed by atoms with Crippen LogP contribution in [0.5, 0.6) is 0 Å². The molecule has 2 rings (SSSR count). The summed E-state index contributed by atoms with van der Waals surface area (Å²) < 4.78 is 18.2. The van der Waals surface area contributed by atoms with Gasteiger partial charge in [0.1, 0.15) is 17.5 Å². The van der Waals surface area contributed by atoms with E-state index in [0.717, 1.165) is 0 Å². The number of aryl methyl sites for hydroxylation is 1. The highest BCUT2D eigenvalue weighted by molar-refractivity contribution is 6.11. The van der Waals surface area contributed by atoms with Crippen LogP contribution < -0.4 is 0 Å². The highest BCUT2D eigenvalue weighted by atomic mass is 19.1. The van der Waals surface area contributed by atoms with Gasteiger partial charge < -0.3 is 4.74 Å². The van der Waals surface area contributed by atoms with Crippen LogP contribution in [0.15, 0.2) is 18.2 Å². The molecule has 1 unspecified atom stereocenters. The van der Waals surface area contributed by atoms with Gasteiger partial charge in [-0.1, -0.05) is 0 Å². The zero-order valence-corrected chi connectivity index (χ0v) is 9.53. The third-order valence-corrected chi connectivity index (χ3v) is 2.92. The van der Waals surface area contributed by atoms with Crippen molar-refractivity contribution < 1.29 is 18.7 Å². The number of hydrogen-bond acceptors (Lipinski definition) is 3. The van der Waals surface area contributed by atoms with Crippen LogP contribution in [0, 0.1) is 18.7 Å². The van der Waals surface area contributed by atoms with Gasteiger partial charge in [0, 0.05) is 12.0 Å². The van der Waals surface area contributed by atoms with Crippen molar-refractivity contribution >= 4 is 11.6 Å². The van der Waals surface area contributed by atoms with Gasteiger partial charge >= 0.3 is 0 Å². The van der Waals surface area contributed by atoms with E-state index in [1.807, 2.05) is 0 Å². The van der Waals surface area contributed by atoms with E-state index in [9.17, 15) is 14.0 Å². The van der Waals surface area contributed by atoms with E-state index >= 15 is 0 Å². The minimum Gasteiger partial charge on any atom is -0.380 e. The lowest BCUT2D eigenvalue weighted by atomic mass is 9.91. The summed E-state index contributed by atoms with van der Waals surface area (Å²) in [5.74, 6) is -1.46. The quantitative estimate of drug-likeness (QED) is 0.582. The molecule has 1 aromatic rings. The second-order valence-corrected chi connectivity index (χ2v) is 4.17. The Bertz CT molecular complexity index is 468. The number of Topliss-reactive ketones (excluding diaryl/α,β-unsaturated/α-hetero) is 2. The molecule has 1 atom stereocenters. The third-order valence-electron chi connectivity index (χ3n) is 2.92. The second kappa shape index (κ2) is 4.75. The van der Waals surface area contributed by atoms with E-state index in [1.165, 1.54) is 18.2 Å². The Hall–Kier alpha value is -1.55. The van der Waals surface area contributed by atoms with Gasteiger partial charge in [0.25, 0.3) is 0 Å². The van der Waals surface area contributed by atoms with Crippen molar-refractivity contribution in [2.45, 2.75) is 13.3 Å². The predicted octanol–water partition coefficient (Wildman–Crippen LogP) is 1.92. The molecule has 0 radical (unpaired) electrons. The van der Waals surface area contributed by atoms with Gasteiger partial charge in [-0.05, 0) is 30.7 Å². The van der Waals surface area contributed by atoms with Crippen molar-refractivity contribution in [3.63, 3.8) is 0 Å². The molecule has 1 aromatic carbocycles. The fourth-order valence-corrected chi connectivity index (χ4v) is 1.86. The van der Waals surface area contributed by atoms with Crippen LogP contribution in [-0.2, 0) is 9.53 Å². The number of halogens is 1. The summed E-state index contributed by atoms with van der Waals surface area (Å²) in [7, 11) is 0. The molecule has 0 spiro atoms. The fourth-order valence-electron chi connectivity index (χ4n) is 1.86. The van der Waals surface area contributed by atoms with Crippen molar-refractivity contribution in [3.05, 3.63) is 35.1 Å². The SMILES string of the molecule is Cc1cc(C(=O)C2COCCC2=O)ccc1F. The molecular weight excluding hydrogens is 223 g/mol. The van der Waals surface area contributed by atoms with Crippen LogP contribution >= 0.6 is 0 Å². The van der Waals surface area contributed by atoms with Gasteiger partial charge in [-0.3, -0.25) is 9.59 Å². The highest BCUT2D eigenvalue weighted by Crippen LogP contribution is 2.18. The van der Waals surface area contributed by atoms with Gasteiger partial charge in [0.05, 0.1) is 13.2 Å². The summed E-state index contributed by atoms with van der Waals surface area (Å²) >= 11 is 0. The van der Waals surface area contributed by atoms with Crippen LogP contribution in [0.2, 0.25) is 0 Å². The average molecular weight is 236 g/mol. The smallest absolute Gasteiger partial charge is 0.175 e. The van der Waals surface area contributed by atoms with E-state index in [4.69, 9.17) is 4.74 Å². The first-order chi connectivity index (χ1) is 8.09. The Labute approximate surface area is 98.6 Å². The molecule has 0 amide bonds. The summed E-state index contributed by atoms with van der Waals surface area (Å²) in [6.07, 6.45) is 0.274. The molecule has 1 heterocycles. The molecule has 90 valence electrons. The zero-order chi connectivity index (χ0) is 12.4. The van der Waals surface area contributed by atoms with Crippen LogP contribution in [-0.4, -0.2) is 24.8 Å². The molecule has 17 heavy (non-hydrogen) atoms. The molecule has 1 aliphatic rings. The highest BCUT2D eigenvalue weighted by Gasteiger charge is 2.30. The van der Waals surface area contributed by atoms with Crippen LogP contribution in [0.1, 0.15) is 22.3 Å². The normalized spacial score (nSPS) is 20.4. The summed E-state index contributed by atoms with van der Waals surface area (Å²) in [6.45, 7) is 2.10. The monoisotopic (exact) mass is 236 g/mol. The largest absolute Gasteiger partial charge is 0.380 e. The van der Waals surface area contributed by atoms with Crippen molar-refractivity contribution in [2.24, 2.45) is 5.92 Å². The van der Waals surface area contributed by atoms with Crippen molar-refractivity contribution in [2.75, 3.05) is 13.2 Å². The molecule has 0 N–H and O–H groups in total. The average Bonchev–Trinajstić information content (AvgIpc) is 2.32. The Morgan fingerprint density at radius 2 is 2.24 bits per heavy atom. The summed E-state index contributed by atoms with van der Waals surface area (Å²) in [6, 6.07) is 4.13. The molecule has 1 aliphatic heterocycles. The number of carbonyl (C=O) groups excluding carboxylic acids is 2. The fraction of sp³-hybridized carbons (Fsp3) is 0.385. The van der Waals surface area contributed by atoms with E-state index in [1.54, 1.807) is 6.92 Å². The zero-order valence-electron chi connectivity index (χ0n) is 9.53. The van der Waals surface area contributed by atoms with Gasteiger partial charge in [-0.2, -0.15) is 0 Å². The molecule has 1 saturated heterocycles. The minimum absolute atomic E-state index is 0.0942. The lowest BCUT2D eigenvalue weighted by Crippen LogP contribution is -2.33. The number of rotatable bonds is 2. The third kappa shape index (κ3) is 2.42.